The lowest BCUT2D eigenvalue weighted by Gasteiger charge is -2.34. The van der Waals surface area contributed by atoms with E-state index in [2.05, 4.69) is 16.2 Å². The second-order valence-electron chi connectivity index (χ2n) is 4.22. The van der Waals surface area contributed by atoms with Gasteiger partial charge >= 0.3 is 0 Å². The fourth-order valence-electron chi connectivity index (χ4n) is 1.93. The Kier molecular flexibility index (Phi) is 4.08. The van der Waals surface area contributed by atoms with Crippen LogP contribution in [-0.2, 0) is 9.84 Å². The molecule has 1 aliphatic heterocycles. The average Bonchev–Trinajstić information content (AvgIpc) is 2.72. The molecule has 102 valence electrons. The number of sulfone groups is 1. The minimum atomic E-state index is -3.31. The highest BCUT2D eigenvalue weighted by molar-refractivity contribution is 7.99. The molecule has 2 heterocycles. The standard InChI is InChI=1S/C10H17N3O2S3/c1-3-18(14,15)8-9(11)12-17-10(8)13-4-5-16-6-7(13)2/h7H,3-6H2,1-2H3,(H2,11,12). The van der Waals surface area contributed by atoms with E-state index in [0.29, 0.717) is 11.0 Å². The van der Waals surface area contributed by atoms with E-state index in [9.17, 15) is 8.42 Å². The van der Waals surface area contributed by atoms with Gasteiger partial charge in [-0.3, -0.25) is 0 Å². The van der Waals surface area contributed by atoms with Gasteiger partial charge in [-0.25, -0.2) is 8.42 Å². The summed E-state index contributed by atoms with van der Waals surface area (Å²) in [6, 6.07) is 0.314. The molecule has 2 N–H and O–H groups in total. The summed E-state index contributed by atoms with van der Waals surface area (Å²) in [6.45, 7) is 4.58. The van der Waals surface area contributed by atoms with Crippen molar-refractivity contribution in [2.45, 2.75) is 24.8 Å². The van der Waals surface area contributed by atoms with Gasteiger partial charge in [-0.2, -0.15) is 16.1 Å². The van der Waals surface area contributed by atoms with Gasteiger partial charge in [0.05, 0.1) is 5.75 Å². The highest BCUT2D eigenvalue weighted by Crippen LogP contribution is 2.37. The summed E-state index contributed by atoms with van der Waals surface area (Å²) in [5.41, 5.74) is 5.74. The van der Waals surface area contributed by atoms with E-state index in [4.69, 9.17) is 5.73 Å². The molecule has 1 atom stereocenters. The van der Waals surface area contributed by atoms with E-state index in [1.807, 2.05) is 11.8 Å². The zero-order valence-corrected chi connectivity index (χ0v) is 12.9. The Balaban J connectivity index is 2.46. The molecule has 0 aliphatic carbocycles. The molecule has 0 bridgehead atoms. The quantitative estimate of drug-likeness (QED) is 0.911. The maximum absolute atomic E-state index is 12.1. The molecule has 0 radical (unpaired) electrons. The number of thioether (sulfide) groups is 1. The van der Waals surface area contributed by atoms with Crippen LogP contribution in [0.3, 0.4) is 0 Å². The van der Waals surface area contributed by atoms with Crippen LogP contribution >= 0.6 is 23.3 Å². The van der Waals surface area contributed by atoms with Gasteiger partial charge in [-0.15, -0.1) is 0 Å². The van der Waals surface area contributed by atoms with Crippen molar-refractivity contribution in [1.82, 2.24) is 4.37 Å². The minimum absolute atomic E-state index is 0.0551. The first-order valence-electron chi connectivity index (χ1n) is 5.79. The van der Waals surface area contributed by atoms with E-state index < -0.39 is 9.84 Å². The summed E-state index contributed by atoms with van der Waals surface area (Å²) in [5, 5.41) is 0.710. The number of nitrogens with two attached hydrogens (primary N) is 1. The van der Waals surface area contributed by atoms with Crippen molar-refractivity contribution >= 4 is 44.0 Å². The van der Waals surface area contributed by atoms with Crippen LogP contribution in [0.5, 0.6) is 0 Å². The predicted octanol–water partition coefficient (Wildman–Crippen LogP) is 1.46. The lowest BCUT2D eigenvalue weighted by molar-refractivity contribution is 0.596. The highest BCUT2D eigenvalue weighted by Gasteiger charge is 2.30. The third-order valence-corrected chi connectivity index (χ3v) is 6.98. The molecule has 1 aromatic rings. The topological polar surface area (TPSA) is 76.3 Å². The predicted molar refractivity (Wildman–Crippen MR) is 78.4 cm³/mol. The van der Waals surface area contributed by atoms with Crippen LogP contribution in [0, 0.1) is 0 Å². The molecule has 0 spiro atoms. The van der Waals surface area contributed by atoms with E-state index >= 15 is 0 Å². The van der Waals surface area contributed by atoms with Crippen molar-refractivity contribution in [1.29, 1.82) is 0 Å². The first kappa shape index (κ1) is 14.0. The molecule has 0 saturated carbocycles. The van der Waals surface area contributed by atoms with Crippen LogP contribution in [0.1, 0.15) is 13.8 Å². The molecule has 2 rings (SSSR count). The van der Waals surface area contributed by atoms with Crippen LogP contribution in [0.2, 0.25) is 0 Å². The van der Waals surface area contributed by atoms with Crippen LogP contribution in [0.15, 0.2) is 4.90 Å². The molecule has 1 saturated heterocycles. The van der Waals surface area contributed by atoms with E-state index in [-0.39, 0.29) is 16.5 Å². The maximum atomic E-state index is 12.1. The van der Waals surface area contributed by atoms with Gasteiger partial charge in [0.2, 0.25) is 0 Å². The summed E-state index contributed by atoms with van der Waals surface area (Å²) < 4.78 is 28.2. The minimum Gasteiger partial charge on any atom is -0.382 e. The Hall–Kier alpha value is -0.470. The van der Waals surface area contributed by atoms with Crippen LogP contribution in [0.4, 0.5) is 10.8 Å². The summed E-state index contributed by atoms with van der Waals surface area (Å²) in [6.07, 6.45) is 0. The summed E-state index contributed by atoms with van der Waals surface area (Å²) in [7, 11) is -3.31. The second-order valence-corrected chi connectivity index (χ2v) is 8.34. The number of aromatic nitrogens is 1. The smallest absolute Gasteiger partial charge is 0.184 e. The Bertz CT molecular complexity index is 526. The molecule has 1 aromatic heterocycles. The summed E-state index contributed by atoms with van der Waals surface area (Å²) >= 11 is 3.08. The van der Waals surface area contributed by atoms with Gasteiger partial charge < -0.3 is 10.6 Å². The van der Waals surface area contributed by atoms with Gasteiger partial charge in [-0.1, -0.05) is 6.92 Å². The monoisotopic (exact) mass is 307 g/mol. The van der Waals surface area contributed by atoms with Crippen molar-refractivity contribution in [3.8, 4) is 0 Å². The molecule has 0 amide bonds. The number of anilines is 2. The fraction of sp³-hybridized carbons (Fsp3) is 0.700. The Morgan fingerprint density at radius 3 is 2.89 bits per heavy atom. The number of nitrogens with zero attached hydrogens (tertiary/aromatic N) is 2. The van der Waals surface area contributed by atoms with Crippen LogP contribution in [-0.4, -0.2) is 42.6 Å². The Labute approximate surface area is 116 Å². The zero-order valence-electron chi connectivity index (χ0n) is 10.4. The maximum Gasteiger partial charge on any atom is 0.184 e. The van der Waals surface area contributed by atoms with E-state index in [1.54, 1.807) is 6.92 Å². The molecule has 18 heavy (non-hydrogen) atoms. The SMILES string of the molecule is CCS(=O)(=O)c1c(N)nsc1N1CCSCC1C. The first-order valence-corrected chi connectivity index (χ1v) is 9.37. The van der Waals surface area contributed by atoms with Crippen molar-refractivity contribution in [3.05, 3.63) is 0 Å². The van der Waals surface area contributed by atoms with Crippen molar-refractivity contribution in [3.63, 3.8) is 0 Å². The van der Waals surface area contributed by atoms with Crippen LogP contribution < -0.4 is 10.6 Å². The largest absolute Gasteiger partial charge is 0.382 e. The van der Waals surface area contributed by atoms with Gasteiger partial charge in [0.25, 0.3) is 0 Å². The lowest BCUT2D eigenvalue weighted by atomic mass is 10.3. The zero-order chi connectivity index (χ0) is 13.3. The molecular formula is C10H17N3O2S3. The van der Waals surface area contributed by atoms with Crippen molar-refractivity contribution in [2.24, 2.45) is 0 Å². The van der Waals surface area contributed by atoms with Gasteiger partial charge in [0.1, 0.15) is 9.90 Å². The number of rotatable bonds is 3. The molecular weight excluding hydrogens is 290 g/mol. The molecule has 1 fully saturated rings. The first-order chi connectivity index (χ1) is 8.47. The van der Waals surface area contributed by atoms with Crippen LogP contribution in [0.25, 0.3) is 0 Å². The number of nitrogen functional groups attached to an aromatic ring is 1. The van der Waals surface area contributed by atoms with E-state index in [0.717, 1.165) is 18.1 Å². The molecule has 5 nitrogen and oxygen atoms in total. The Morgan fingerprint density at radius 2 is 2.28 bits per heavy atom. The highest BCUT2D eigenvalue weighted by atomic mass is 32.2. The lowest BCUT2D eigenvalue weighted by Crippen LogP contribution is -2.40. The second kappa shape index (κ2) is 5.26. The normalized spacial score (nSPS) is 21.2. The number of hydrogen-bond donors (Lipinski definition) is 1. The molecule has 1 aliphatic rings. The third-order valence-electron chi connectivity index (χ3n) is 2.98. The third kappa shape index (κ3) is 2.46. The van der Waals surface area contributed by atoms with Gasteiger partial charge in [0, 0.05) is 24.1 Å². The summed E-state index contributed by atoms with van der Waals surface area (Å²) in [4.78, 5) is 2.35. The average molecular weight is 307 g/mol. The summed E-state index contributed by atoms with van der Waals surface area (Å²) in [5.74, 6) is 2.21. The molecule has 8 heteroatoms. The Morgan fingerprint density at radius 1 is 1.56 bits per heavy atom. The van der Waals surface area contributed by atoms with Gasteiger partial charge in [0.15, 0.2) is 15.7 Å². The van der Waals surface area contributed by atoms with E-state index in [1.165, 1.54) is 11.5 Å². The fourth-order valence-corrected chi connectivity index (χ4v) is 5.37. The van der Waals surface area contributed by atoms with Crippen molar-refractivity contribution in [2.75, 3.05) is 34.4 Å². The van der Waals surface area contributed by atoms with Gasteiger partial charge in [-0.05, 0) is 18.5 Å². The molecule has 1 unspecified atom stereocenters. The number of hydrogen-bond acceptors (Lipinski definition) is 7. The molecule has 0 aromatic carbocycles. The van der Waals surface area contributed by atoms with Crippen molar-refractivity contribution < 1.29 is 8.42 Å².